The third-order valence-corrected chi connectivity index (χ3v) is 4.00. The third-order valence-electron chi connectivity index (χ3n) is 4.00. The molecule has 0 aromatic heterocycles. The van der Waals surface area contributed by atoms with E-state index in [-0.39, 0.29) is 18.6 Å². The van der Waals surface area contributed by atoms with E-state index in [4.69, 9.17) is 0 Å². The van der Waals surface area contributed by atoms with E-state index in [2.05, 4.69) is 19.7 Å². The summed E-state index contributed by atoms with van der Waals surface area (Å²) in [5, 5.41) is 2.82. The Balaban J connectivity index is 2.04. The molecule has 2 amide bonds. The maximum absolute atomic E-state index is 12.0. The number of carbonyl (C=O) groups excluding carboxylic acids is 2. The molecule has 1 saturated heterocycles. The van der Waals surface area contributed by atoms with Gasteiger partial charge in [0.2, 0.25) is 0 Å². The molecule has 0 unspecified atom stereocenters. The van der Waals surface area contributed by atoms with Gasteiger partial charge in [-0.2, -0.15) is 13.2 Å². The number of esters is 1. The predicted octanol–water partition coefficient (Wildman–Crippen LogP) is 1.63. The fourth-order valence-corrected chi connectivity index (χ4v) is 2.56. The molecule has 0 aliphatic carbocycles. The number of nitrogens with zero attached hydrogens (tertiary/aromatic N) is 2. The van der Waals surface area contributed by atoms with E-state index >= 15 is 0 Å². The van der Waals surface area contributed by atoms with Gasteiger partial charge in [0, 0.05) is 52.3 Å². The van der Waals surface area contributed by atoms with Crippen molar-refractivity contribution in [1.29, 1.82) is 0 Å². The first-order chi connectivity index (χ1) is 12.3. The van der Waals surface area contributed by atoms with Crippen LogP contribution in [0, 0.1) is 0 Å². The minimum atomic E-state index is -4.28. The van der Waals surface area contributed by atoms with Gasteiger partial charge < -0.3 is 19.7 Å². The van der Waals surface area contributed by atoms with Crippen LogP contribution in [0.1, 0.15) is 25.7 Å². The molecule has 0 aromatic carbocycles. The van der Waals surface area contributed by atoms with E-state index in [0.29, 0.717) is 65.0 Å². The summed E-state index contributed by atoms with van der Waals surface area (Å²) in [6.45, 7) is 2.57. The zero-order valence-corrected chi connectivity index (χ0v) is 15.1. The molecule has 1 rings (SSSR count). The van der Waals surface area contributed by atoms with Gasteiger partial charge in [-0.15, -0.1) is 0 Å². The van der Waals surface area contributed by atoms with Crippen molar-refractivity contribution in [3.8, 4) is 0 Å². The monoisotopic (exact) mass is 383 g/mol. The molecule has 1 aliphatic rings. The highest BCUT2D eigenvalue weighted by atomic mass is 19.4. The van der Waals surface area contributed by atoms with Crippen molar-refractivity contribution in [1.82, 2.24) is 15.1 Å². The standard InChI is InChI=1S/C16H28F3N3O4/c1-25-14(23)5-2-3-6-20-15(24)22-10-8-21(9-11-22)7-4-12-26-13-16(17,18)19/h2-13H2,1H3,(H,20,24). The van der Waals surface area contributed by atoms with E-state index < -0.39 is 12.8 Å². The Morgan fingerprint density at radius 2 is 1.77 bits per heavy atom. The number of carbonyl (C=O) groups is 2. The topological polar surface area (TPSA) is 71.1 Å². The van der Waals surface area contributed by atoms with Crippen molar-refractivity contribution in [3.05, 3.63) is 0 Å². The normalized spacial score (nSPS) is 15.8. The number of piperazine rings is 1. The summed E-state index contributed by atoms with van der Waals surface area (Å²) in [4.78, 5) is 26.8. The smallest absolute Gasteiger partial charge is 0.411 e. The number of hydrogen-bond donors (Lipinski definition) is 1. The number of alkyl halides is 3. The number of methoxy groups -OCH3 is 1. The number of nitrogens with one attached hydrogen (secondary N) is 1. The molecule has 0 saturated carbocycles. The molecule has 0 bridgehead atoms. The molecule has 152 valence electrons. The molecule has 1 N–H and O–H groups in total. The number of hydrogen-bond acceptors (Lipinski definition) is 5. The summed E-state index contributed by atoms with van der Waals surface area (Å²) >= 11 is 0. The maximum Gasteiger partial charge on any atom is 0.411 e. The lowest BCUT2D eigenvalue weighted by Crippen LogP contribution is -2.52. The van der Waals surface area contributed by atoms with Crippen LogP contribution < -0.4 is 5.32 Å². The van der Waals surface area contributed by atoms with Crippen LogP contribution in [0.25, 0.3) is 0 Å². The van der Waals surface area contributed by atoms with Crippen molar-refractivity contribution in [3.63, 3.8) is 0 Å². The first-order valence-corrected chi connectivity index (χ1v) is 8.78. The quantitative estimate of drug-likeness (QED) is 0.459. The first-order valence-electron chi connectivity index (χ1n) is 8.78. The Bertz CT molecular complexity index is 427. The van der Waals surface area contributed by atoms with Gasteiger partial charge in [-0.25, -0.2) is 4.79 Å². The highest BCUT2D eigenvalue weighted by Crippen LogP contribution is 2.14. The van der Waals surface area contributed by atoms with E-state index in [1.807, 2.05) is 0 Å². The second-order valence-corrected chi connectivity index (χ2v) is 6.12. The molecule has 0 aromatic rings. The van der Waals surface area contributed by atoms with Crippen LogP contribution in [0.15, 0.2) is 0 Å². The summed E-state index contributed by atoms with van der Waals surface area (Å²) in [6.07, 6.45) is -2.03. The summed E-state index contributed by atoms with van der Waals surface area (Å²) in [5.41, 5.74) is 0. The number of unbranched alkanes of at least 4 members (excludes halogenated alkanes) is 1. The number of rotatable bonds is 10. The van der Waals surface area contributed by atoms with Crippen LogP contribution in [-0.4, -0.2) is 87.6 Å². The average molecular weight is 383 g/mol. The van der Waals surface area contributed by atoms with Crippen molar-refractivity contribution in [2.45, 2.75) is 31.9 Å². The van der Waals surface area contributed by atoms with Gasteiger partial charge in [0.15, 0.2) is 0 Å². The van der Waals surface area contributed by atoms with Crippen LogP contribution in [0.4, 0.5) is 18.0 Å². The van der Waals surface area contributed by atoms with Gasteiger partial charge in [0.05, 0.1) is 7.11 Å². The van der Waals surface area contributed by atoms with Gasteiger partial charge in [-0.1, -0.05) is 0 Å². The molecule has 0 atom stereocenters. The second-order valence-electron chi connectivity index (χ2n) is 6.12. The van der Waals surface area contributed by atoms with Crippen molar-refractivity contribution in [2.75, 3.05) is 59.6 Å². The van der Waals surface area contributed by atoms with E-state index in [9.17, 15) is 22.8 Å². The van der Waals surface area contributed by atoms with Gasteiger partial charge in [0.25, 0.3) is 0 Å². The third kappa shape index (κ3) is 10.4. The largest absolute Gasteiger partial charge is 0.469 e. The van der Waals surface area contributed by atoms with Crippen molar-refractivity contribution >= 4 is 12.0 Å². The molecular weight excluding hydrogens is 355 g/mol. The number of halogens is 3. The van der Waals surface area contributed by atoms with E-state index in [0.717, 1.165) is 0 Å². The molecule has 1 heterocycles. The molecule has 0 radical (unpaired) electrons. The predicted molar refractivity (Wildman–Crippen MR) is 88.8 cm³/mol. The van der Waals surface area contributed by atoms with Gasteiger partial charge in [-0.05, 0) is 19.3 Å². The molecule has 10 heteroatoms. The fourth-order valence-electron chi connectivity index (χ4n) is 2.56. The Morgan fingerprint density at radius 3 is 2.38 bits per heavy atom. The second kappa shape index (κ2) is 11.9. The van der Waals surface area contributed by atoms with E-state index in [1.54, 1.807) is 4.90 Å². The number of amides is 2. The summed E-state index contributed by atoms with van der Waals surface area (Å²) in [5.74, 6) is -0.253. The van der Waals surface area contributed by atoms with Gasteiger partial charge in [-0.3, -0.25) is 9.69 Å². The molecule has 0 spiro atoms. The molecular formula is C16H28F3N3O4. The lowest BCUT2D eigenvalue weighted by molar-refractivity contribution is -0.174. The minimum Gasteiger partial charge on any atom is -0.469 e. The number of ether oxygens (including phenoxy) is 2. The minimum absolute atomic E-state index is 0.0752. The highest BCUT2D eigenvalue weighted by Gasteiger charge is 2.27. The zero-order chi connectivity index (χ0) is 19.4. The molecule has 26 heavy (non-hydrogen) atoms. The van der Waals surface area contributed by atoms with Crippen LogP contribution >= 0.6 is 0 Å². The van der Waals surface area contributed by atoms with Gasteiger partial charge >= 0.3 is 18.2 Å². The van der Waals surface area contributed by atoms with Crippen LogP contribution in [-0.2, 0) is 14.3 Å². The molecule has 7 nitrogen and oxygen atoms in total. The Labute approximate surface area is 151 Å². The van der Waals surface area contributed by atoms with Crippen LogP contribution in [0.5, 0.6) is 0 Å². The lowest BCUT2D eigenvalue weighted by Gasteiger charge is -2.34. The highest BCUT2D eigenvalue weighted by molar-refractivity contribution is 5.74. The fraction of sp³-hybridized carbons (Fsp3) is 0.875. The van der Waals surface area contributed by atoms with Gasteiger partial charge in [0.1, 0.15) is 6.61 Å². The molecule has 1 fully saturated rings. The summed E-state index contributed by atoms with van der Waals surface area (Å²) in [6, 6.07) is -0.128. The zero-order valence-electron chi connectivity index (χ0n) is 15.1. The summed E-state index contributed by atoms with van der Waals surface area (Å²) in [7, 11) is 1.35. The Kier molecular flexibility index (Phi) is 10.3. The van der Waals surface area contributed by atoms with E-state index in [1.165, 1.54) is 7.11 Å². The summed E-state index contributed by atoms with van der Waals surface area (Å²) < 4.78 is 44.9. The van der Waals surface area contributed by atoms with Crippen LogP contribution in [0.2, 0.25) is 0 Å². The van der Waals surface area contributed by atoms with Crippen molar-refractivity contribution < 1.29 is 32.2 Å². The number of urea groups is 1. The SMILES string of the molecule is COC(=O)CCCCNC(=O)N1CCN(CCCOCC(F)(F)F)CC1. The Morgan fingerprint density at radius 1 is 1.08 bits per heavy atom. The lowest BCUT2D eigenvalue weighted by atomic mass is 10.2. The average Bonchev–Trinajstić information content (AvgIpc) is 2.60. The maximum atomic E-state index is 12.0. The van der Waals surface area contributed by atoms with Crippen LogP contribution in [0.3, 0.4) is 0 Å². The van der Waals surface area contributed by atoms with Crippen molar-refractivity contribution in [2.24, 2.45) is 0 Å². The Hall–Kier alpha value is -1.55. The first kappa shape index (κ1) is 22.5. The molecule has 1 aliphatic heterocycles.